The van der Waals surface area contributed by atoms with Crippen LogP contribution in [0.1, 0.15) is 50.2 Å². The second-order valence-electron chi connectivity index (χ2n) is 5.14. The van der Waals surface area contributed by atoms with Crippen LogP contribution in [0.4, 0.5) is 0 Å². The van der Waals surface area contributed by atoms with Crippen LogP contribution in [-0.2, 0) is 4.74 Å². The number of unbranched alkanes of at least 4 members (excludes halogenated alkanes) is 1. The number of pyridine rings is 1. The van der Waals surface area contributed by atoms with Crippen molar-refractivity contribution >= 4 is 0 Å². The molecule has 1 N–H and O–H groups in total. The minimum atomic E-state index is -0.353. The van der Waals surface area contributed by atoms with Crippen molar-refractivity contribution in [2.45, 2.75) is 44.6 Å². The molecule has 1 atom stereocenters. The van der Waals surface area contributed by atoms with E-state index in [2.05, 4.69) is 4.98 Å². The zero-order valence-corrected chi connectivity index (χ0v) is 10.9. The van der Waals surface area contributed by atoms with Crippen LogP contribution in [0.3, 0.4) is 0 Å². The standard InChI is InChI=1S/C15H23NO2/c17-15(14-5-3-9-16-12-14)6-2-1-4-13-7-10-18-11-8-13/h3,5,9,12-13,15,17H,1-2,4,6-8,10-11H2. The Kier molecular flexibility index (Phi) is 5.62. The summed E-state index contributed by atoms with van der Waals surface area (Å²) < 4.78 is 5.36. The lowest BCUT2D eigenvalue weighted by molar-refractivity contribution is 0.0626. The molecule has 1 saturated heterocycles. The molecular formula is C15H23NO2. The first-order valence-electron chi connectivity index (χ1n) is 7.02. The van der Waals surface area contributed by atoms with Crippen LogP contribution < -0.4 is 0 Å². The van der Waals surface area contributed by atoms with E-state index in [-0.39, 0.29) is 6.10 Å². The second-order valence-corrected chi connectivity index (χ2v) is 5.14. The fourth-order valence-corrected chi connectivity index (χ4v) is 2.55. The number of aromatic nitrogens is 1. The van der Waals surface area contributed by atoms with Crippen LogP contribution in [0.15, 0.2) is 24.5 Å². The Bertz CT molecular complexity index is 323. The molecule has 0 bridgehead atoms. The van der Waals surface area contributed by atoms with Crippen LogP contribution >= 0.6 is 0 Å². The van der Waals surface area contributed by atoms with Gasteiger partial charge >= 0.3 is 0 Å². The summed E-state index contributed by atoms with van der Waals surface area (Å²) in [5.74, 6) is 0.842. The Balaban J connectivity index is 1.60. The Labute approximate surface area is 109 Å². The summed E-state index contributed by atoms with van der Waals surface area (Å²) in [5, 5.41) is 10.00. The molecule has 2 rings (SSSR count). The average Bonchev–Trinajstić information content (AvgIpc) is 2.45. The van der Waals surface area contributed by atoms with Crippen molar-refractivity contribution in [3.05, 3.63) is 30.1 Å². The van der Waals surface area contributed by atoms with Gasteiger partial charge in [-0.1, -0.05) is 25.3 Å². The van der Waals surface area contributed by atoms with E-state index in [0.29, 0.717) is 0 Å². The number of rotatable bonds is 6. The Morgan fingerprint density at radius 3 is 2.89 bits per heavy atom. The molecule has 3 nitrogen and oxygen atoms in total. The van der Waals surface area contributed by atoms with E-state index in [1.54, 1.807) is 12.4 Å². The van der Waals surface area contributed by atoms with Crippen LogP contribution in [-0.4, -0.2) is 23.3 Å². The smallest absolute Gasteiger partial charge is 0.0804 e. The predicted octanol–water partition coefficient (Wildman–Crippen LogP) is 3.10. The van der Waals surface area contributed by atoms with Gasteiger partial charge in [-0.05, 0) is 36.8 Å². The molecular weight excluding hydrogens is 226 g/mol. The van der Waals surface area contributed by atoms with Crippen LogP contribution in [0, 0.1) is 5.92 Å². The van der Waals surface area contributed by atoms with Gasteiger partial charge in [-0.3, -0.25) is 4.98 Å². The van der Waals surface area contributed by atoms with Gasteiger partial charge in [0.15, 0.2) is 0 Å². The Morgan fingerprint density at radius 2 is 2.17 bits per heavy atom. The van der Waals surface area contributed by atoms with E-state index >= 15 is 0 Å². The SMILES string of the molecule is OC(CCCCC1CCOCC1)c1cccnc1. The maximum Gasteiger partial charge on any atom is 0.0804 e. The van der Waals surface area contributed by atoms with E-state index in [0.717, 1.165) is 37.5 Å². The lowest BCUT2D eigenvalue weighted by Gasteiger charge is -2.21. The number of hydrogen-bond donors (Lipinski definition) is 1. The second kappa shape index (κ2) is 7.49. The quantitative estimate of drug-likeness (QED) is 0.788. The number of aliphatic hydroxyl groups is 1. The molecule has 0 amide bonds. The lowest BCUT2D eigenvalue weighted by atomic mass is 9.93. The summed E-state index contributed by atoms with van der Waals surface area (Å²) in [6, 6.07) is 3.82. The molecule has 100 valence electrons. The normalized spacial score (nSPS) is 18.7. The van der Waals surface area contributed by atoms with E-state index in [1.165, 1.54) is 25.7 Å². The maximum atomic E-state index is 10.00. The van der Waals surface area contributed by atoms with Crippen molar-refractivity contribution in [3.8, 4) is 0 Å². The minimum absolute atomic E-state index is 0.353. The van der Waals surface area contributed by atoms with Gasteiger partial charge in [0.05, 0.1) is 6.10 Å². The first-order chi connectivity index (χ1) is 8.86. The lowest BCUT2D eigenvalue weighted by Crippen LogP contribution is -2.15. The van der Waals surface area contributed by atoms with Crippen molar-refractivity contribution in [2.24, 2.45) is 5.92 Å². The van der Waals surface area contributed by atoms with Gasteiger partial charge in [0.2, 0.25) is 0 Å². The Hall–Kier alpha value is -0.930. The molecule has 1 aliphatic rings. The summed E-state index contributed by atoms with van der Waals surface area (Å²) in [6.07, 6.45) is 9.99. The van der Waals surface area contributed by atoms with Gasteiger partial charge in [0.25, 0.3) is 0 Å². The molecule has 0 aliphatic carbocycles. The topological polar surface area (TPSA) is 42.4 Å². The van der Waals surface area contributed by atoms with E-state index in [4.69, 9.17) is 4.74 Å². The monoisotopic (exact) mass is 249 g/mol. The third-order valence-corrected chi connectivity index (χ3v) is 3.75. The molecule has 1 aliphatic heterocycles. The number of aliphatic hydroxyl groups excluding tert-OH is 1. The molecule has 0 spiro atoms. The minimum Gasteiger partial charge on any atom is -0.388 e. The Morgan fingerprint density at radius 1 is 1.33 bits per heavy atom. The van der Waals surface area contributed by atoms with E-state index in [1.807, 2.05) is 12.1 Å². The van der Waals surface area contributed by atoms with Gasteiger partial charge < -0.3 is 9.84 Å². The van der Waals surface area contributed by atoms with Crippen molar-refractivity contribution in [1.82, 2.24) is 4.98 Å². The summed E-state index contributed by atoms with van der Waals surface area (Å²) >= 11 is 0. The van der Waals surface area contributed by atoms with Crippen molar-refractivity contribution < 1.29 is 9.84 Å². The van der Waals surface area contributed by atoms with Gasteiger partial charge in [-0.15, -0.1) is 0 Å². The zero-order chi connectivity index (χ0) is 12.6. The predicted molar refractivity (Wildman–Crippen MR) is 71.2 cm³/mol. The number of hydrogen-bond acceptors (Lipinski definition) is 3. The molecule has 0 aromatic carbocycles. The molecule has 1 aromatic rings. The maximum absolute atomic E-state index is 10.00. The number of nitrogens with zero attached hydrogens (tertiary/aromatic N) is 1. The fourth-order valence-electron chi connectivity index (χ4n) is 2.55. The van der Waals surface area contributed by atoms with Crippen molar-refractivity contribution in [1.29, 1.82) is 0 Å². The highest BCUT2D eigenvalue weighted by molar-refractivity contribution is 5.11. The summed E-state index contributed by atoms with van der Waals surface area (Å²) in [7, 11) is 0. The van der Waals surface area contributed by atoms with Crippen LogP contribution in [0.2, 0.25) is 0 Å². The summed E-state index contributed by atoms with van der Waals surface area (Å²) in [6.45, 7) is 1.87. The molecule has 2 heterocycles. The van der Waals surface area contributed by atoms with Crippen molar-refractivity contribution in [3.63, 3.8) is 0 Å². The molecule has 0 radical (unpaired) electrons. The highest BCUT2D eigenvalue weighted by Gasteiger charge is 2.13. The third-order valence-electron chi connectivity index (χ3n) is 3.75. The summed E-state index contributed by atoms with van der Waals surface area (Å²) in [5.41, 5.74) is 0.934. The highest BCUT2D eigenvalue weighted by atomic mass is 16.5. The molecule has 0 saturated carbocycles. The van der Waals surface area contributed by atoms with Gasteiger partial charge in [-0.2, -0.15) is 0 Å². The molecule has 1 unspecified atom stereocenters. The largest absolute Gasteiger partial charge is 0.388 e. The van der Waals surface area contributed by atoms with Crippen molar-refractivity contribution in [2.75, 3.05) is 13.2 Å². The van der Waals surface area contributed by atoms with E-state index in [9.17, 15) is 5.11 Å². The molecule has 3 heteroatoms. The van der Waals surface area contributed by atoms with Crippen LogP contribution in [0.5, 0.6) is 0 Å². The fraction of sp³-hybridized carbons (Fsp3) is 0.667. The highest BCUT2D eigenvalue weighted by Crippen LogP contribution is 2.23. The van der Waals surface area contributed by atoms with Gasteiger partial charge in [0, 0.05) is 25.6 Å². The van der Waals surface area contributed by atoms with Gasteiger partial charge in [0.1, 0.15) is 0 Å². The molecule has 1 aromatic heterocycles. The van der Waals surface area contributed by atoms with Gasteiger partial charge in [-0.25, -0.2) is 0 Å². The zero-order valence-electron chi connectivity index (χ0n) is 10.9. The van der Waals surface area contributed by atoms with E-state index < -0.39 is 0 Å². The average molecular weight is 249 g/mol. The summed E-state index contributed by atoms with van der Waals surface area (Å²) in [4.78, 5) is 4.03. The van der Waals surface area contributed by atoms with Crippen LogP contribution in [0.25, 0.3) is 0 Å². The number of ether oxygens (including phenoxy) is 1. The first-order valence-corrected chi connectivity index (χ1v) is 7.02. The third kappa shape index (κ3) is 4.39. The first kappa shape index (κ1) is 13.5. The molecule has 1 fully saturated rings. The molecule has 18 heavy (non-hydrogen) atoms.